The van der Waals surface area contributed by atoms with Gasteiger partial charge in [0, 0.05) is 26.6 Å². The Morgan fingerprint density at radius 1 is 0.963 bits per heavy atom. The van der Waals surface area contributed by atoms with E-state index in [1.807, 2.05) is 42.5 Å². The fourth-order valence-electron chi connectivity index (χ4n) is 2.87. The van der Waals surface area contributed by atoms with E-state index in [1.165, 1.54) is 5.56 Å². The van der Waals surface area contributed by atoms with Crippen molar-refractivity contribution in [3.8, 4) is 5.75 Å². The highest BCUT2D eigenvalue weighted by molar-refractivity contribution is 5.78. The highest BCUT2D eigenvalue weighted by Gasteiger charge is 2.09. The van der Waals surface area contributed by atoms with Crippen molar-refractivity contribution in [2.45, 2.75) is 26.2 Å². The summed E-state index contributed by atoms with van der Waals surface area (Å²) in [7, 11) is 1.61. The number of nitrogens with zero attached hydrogens (tertiary/aromatic N) is 1. The lowest BCUT2D eigenvalue weighted by Crippen LogP contribution is -2.38. The topological polar surface area (TPSA) is 58.6 Å². The average molecular weight is 368 g/mol. The van der Waals surface area contributed by atoms with Crippen LogP contribution < -0.4 is 10.1 Å². The van der Waals surface area contributed by atoms with Gasteiger partial charge in [-0.05, 0) is 36.1 Å². The number of benzene rings is 2. The number of hydrogen-bond acceptors (Lipinski definition) is 3. The monoisotopic (exact) mass is 368 g/mol. The van der Waals surface area contributed by atoms with Gasteiger partial charge in [0.25, 0.3) is 0 Å². The molecule has 0 aliphatic carbocycles. The number of rotatable bonds is 10. The maximum Gasteiger partial charge on any atom is 0.224 e. The highest BCUT2D eigenvalue weighted by Crippen LogP contribution is 2.11. The zero-order chi connectivity index (χ0) is 19.5. The lowest BCUT2D eigenvalue weighted by atomic mass is 10.1. The van der Waals surface area contributed by atoms with Crippen molar-refractivity contribution in [1.29, 1.82) is 0 Å². The molecule has 2 rings (SSSR count). The second-order valence-corrected chi connectivity index (χ2v) is 6.47. The molecule has 0 atom stereocenters. The summed E-state index contributed by atoms with van der Waals surface area (Å²) in [5.41, 5.74) is 2.20. The molecule has 27 heavy (non-hydrogen) atoms. The van der Waals surface area contributed by atoms with Crippen LogP contribution in [0.1, 0.15) is 24.5 Å². The summed E-state index contributed by atoms with van der Waals surface area (Å²) in [6.07, 6.45) is 2.16. The molecule has 0 radical (unpaired) electrons. The van der Waals surface area contributed by atoms with Crippen LogP contribution in [0.15, 0.2) is 54.6 Å². The smallest absolute Gasteiger partial charge is 0.224 e. The number of nitrogens with one attached hydrogen (secondary N) is 1. The molecule has 0 aromatic heterocycles. The summed E-state index contributed by atoms with van der Waals surface area (Å²) >= 11 is 0. The van der Waals surface area contributed by atoms with E-state index in [9.17, 15) is 9.59 Å². The van der Waals surface area contributed by atoms with Gasteiger partial charge < -0.3 is 15.0 Å². The van der Waals surface area contributed by atoms with Crippen LogP contribution in [0.4, 0.5) is 0 Å². The van der Waals surface area contributed by atoms with Crippen molar-refractivity contribution < 1.29 is 14.3 Å². The first-order chi connectivity index (χ1) is 13.1. The van der Waals surface area contributed by atoms with E-state index in [4.69, 9.17) is 4.74 Å². The van der Waals surface area contributed by atoms with Crippen LogP contribution in [0.2, 0.25) is 0 Å². The molecule has 0 saturated carbocycles. The SMILES string of the molecule is COc1ccc(CC(=O)NCCN(CCCc2ccccc2)C(C)=O)cc1. The van der Waals surface area contributed by atoms with E-state index in [1.54, 1.807) is 18.9 Å². The molecule has 2 amide bonds. The third-order valence-electron chi connectivity index (χ3n) is 4.41. The van der Waals surface area contributed by atoms with Crippen molar-refractivity contribution in [1.82, 2.24) is 10.2 Å². The Labute approximate surface area is 161 Å². The van der Waals surface area contributed by atoms with Gasteiger partial charge in [0.1, 0.15) is 5.75 Å². The summed E-state index contributed by atoms with van der Waals surface area (Å²) in [4.78, 5) is 25.7. The third-order valence-corrected chi connectivity index (χ3v) is 4.41. The summed E-state index contributed by atoms with van der Waals surface area (Å²) in [5.74, 6) is 0.757. The van der Waals surface area contributed by atoms with Crippen LogP contribution in [-0.4, -0.2) is 43.5 Å². The maximum atomic E-state index is 12.1. The molecular formula is C22H28N2O3. The molecule has 5 nitrogen and oxygen atoms in total. The van der Waals surface area contributed by atoms with Gasteiger partial charge in [0.15, 0.2) is 0 Å². The molecular weight excluding hydrogens is 340 g/mol. The zero-order valence-electron chi connectivity index (χ0n) is 16.1. The maximum absolute atomic E-state index is 12.1. The Balaban J connectivity index is 1.69. The first kappa shape index (κ1) is 20.5. The van der Waals surface area contributed by atoms with Gasteiger partial charge in [-0.15, -0.1) is 0 Å². The summed E-state index contributed by atoms with van der Waals surface area (Å²) < 4.78 is 5.11. The largest absolute Gasteiger partial charge is 0.497 e. The Kier molecular flexibility index (Phi) is 8.36. The number of amides is 2. The van der Waals surface area contributed by atoms with E-state index in [0.717, 1.165) is 24.2 Å². The average Bonchev–Trinajstić information content (AvgIpc) is 2.68. The van der Waals surface area contributed by atoms with Crippen LogP contribution >= 0.6 is 0 Å². The van der Waals surface area contributed by atoms with E-state index in [0.29, 0.717) is 26.1 Å². The first-order valence-corrected chi connectivity index (χ1v) is 9.27. The number of aryl methyl sites for hydroxylation is 1. The predicted octanol–water partition coefficient (Wildman–Crippen LogP) is 2.84. The Morgan fingerprint density at radius 2 is 1.67 bits per heavy atom. The Morgan fingerprint density at radius 3 is 2.30 bits per heavy atom. The molecule has 144 valence electrons. The van der Waals surface area contributed by atoms with Crippen molar-refractivity contribution in [2.24, 2.45) is 0 Å². The molecule has 5 heteroatoms. The number of methoxy groups -OCH3 is 1. The van der Waals surface area contributed by atoms with E-state index in [2.05, 4.69) is 17.4 Å². The summed E-state index contributed by atoms with van der Waals surface area (Å²) in [6.45, 7) is 3.25. The van der Waals surface area contributed by atoms with Crippen molar-refractivity contribution >= 4 is 11.8 Å². The molecule has 0 spiro atoms. The highest BCUT2D eigenvalue weighted by atomic mass is 16.5. The standard InChI is InChI=1S/C22H28N2O3/c1-18(25)24(15-6-9-19-7-4-3-5-8-19)16-14-23-22(26)17-20-10-12-21(27-2)13-11-20/h3-5,7-8,10-13H,6,9,14-17H2,1-2H3,(H,23,26). The van der Waals surface area contributed by atoms with E-state index >= 15 is 0 Å². The van der Waals surface area contributed by atoms with Gasteiger partial charge in [-0.1, -0.05) is 42.5 Å². The van der Waals surface area contributed by atoms with Crippen LogP contribution in [0.5, 0.6) is 5.75 Å². The zero-order valence-corrected chi connectivity index (χ0v) is 16.1. The molecule has 0 heterocycles. The van der Waals surface area contributed by atoms with Gasteiger partial charge in [-0.2, -0.15) is 0 Å². The minimum Gasteiger partial charge on any atom is -0.497 e. The Bertz CT molecular complexity index is 714. The molecule has 2 aromatic carbocycles. The van der Waals surface area contributed by atoms with Gasteiger partial charge >= 0.3 is 0 Å². The predicted molar refractivity (Wildman–Crippen MR) is 107 cm³/mol. The van der Waals surface area contributed by atoms with Crippen LogP contribution in [0.25, 0.3) is 0 Å². The normalized spacial score (nSPS) is 10.3. The van der Waals surface area contributed by atoms with Crippen LogP contribution in [0.3, 0.4) is 0 Å². The first-order valence-electron chi connectivity index (χ1n) is 9.27. The van der Waals surface area contributed by atoms with Crippen molar-refractivity contribution in [2.75, 3.05) is 26.7 Å². The number of hydrogen-bond donors (Lipinski definition) is 1. The van der Waals surface area contributed by atoms with Crippen molar-refractivity contribution in [3.63, 3.8) is 0 Å². The van der Waals surface area contributed by atoms with E-state index < -0.39 is 0 Å². The lowest BCUT2D eigenvalue weighted by Gasteiger charge is -2.21. The minimum absolute atomic E-state index is 0.0347. The Hall–Kier alpha value is -2.82. The fraction of sp³-hybridized carbons (Fsp3) is 0.364. The quantitative estimate of drug-likeness (QED) is 0.702. The van der Waals surface area contributed by atoms with E-state index in [-0.39, 0.29) is 11.8 Å². The van der Waals surface area contributed by atoms with Gasteiger partial charge in [0.2, 0.25) is 11.8 Å². The molecule has 0 aliphatic heterocycles. The molecule has 0 saturated heterocycles. The van der Waals surface area contributed by atoms with Gasteiger partial charge in [0.05, 0.1) is 13.5 Å². The fourth-order valence-corrected chi connectivity index (χ4v) is 2.87. The lowest BCUT2D eigenvalue weighted by molar-refractivity contribution is -0.129. The molecule has 0 bridgehead atoms. The van der Waals surface area contributed by atoms with Crippen molar-refractivity contribution in [3.05, 3.63) is 65.7 Å². The molecule has 0 fully saturated rings. The number of carbonyl (C=O) groups is 2. The summed E-state index contributed by atoms with van der Waals surface area (Å²) in [6, 6.07) is 17.7. The number of ether oxygens (including phenoxy) is 1. The van der Waals surface area contributed by atoms with Crippen LogP contribution in [-0.2, 0) is 22.4 Å². The molecule has 1 N–H and O–H groups in total. The minimum atomic E-state index is -0.0482. The molecule has 0 aliphatic rings. The third kappa shape index (κ3) is 7.52. The van der Waals surface area contributed by atoms with Gasteiger partial charge in [-0.25, -0.2) is 0 Å². The molecule has 2 aromatic rings. The van der Waals surface area contributed by atoms with Crippen LogP contribution in [0, 0.1) is 0 Å². The second kappa shape index (κ2) is 11.0. The number of carbonyl (C=O) groups excluding carboxylic acids is 2. The summed E-state index contributed by atoms with van der Waals surface area (Å²) in [5, 5.41) is 2.89. The molecule has 0 unspecified atom stereocenters. The second-order valence-electron chi connectivity index (χ2n) is 6.47. The van der Waals surface area contributed by atoms with Gasteiger partial charge in [-0.3, -0.25) is 9.59 Å².